The molecule has 21 heavy (non-hydrogen) atoms. The van der Waals surface area contributed by atoms with E-state index in [1.165, 1.54) is 6.07 Å². The molecule has 2 bridgehead atoms. The number of nitrogens with zero attached hydrogens (tertiary/aromatic N) is 2. The SMILES string of the molecule is CC(C)(C)OC(=O)N1[C@H]2CC[C@@H]1[C@@H](c1ccc(F)nc1)C2. The van der Waals surface area contributed by atoms with Crippen LogP contribution in [0.4, 0.5) is 9.18 Å². The second-order valence-corrected chi connectivity index (χ2v) is 6.94. The van der Waals surface area contributed by atoms with Gasteiger partial charge in [-0.2, -0.15) is 4.39 Å². The monoisotopic (exact) mass is 292 g/mol. The maximum atomic E-state index is 13.0. The molecule has 3 rings (SSSR count). The fourth-order valence-corrected chi connectivity index (χ4v) is 3.55. The van der Waals surface area contributed by atoms with Crippen molar-refractivity contribution >= 4 is 6.09 Å². The van der Waals surface area contributed by atoms with Crippen LogP contribution in [0.15, 0.2) is 18.3 Å². The van der Waals surface area contributed by atoms with E-state index in [0.717, 1.165) is 24.8 Å². The number of carbonyl (C=O) groups is 1. The first-order valence-corrected chi connectivity index (χ1v) is 7.48. The summed E-state index contributed by atoms with van der Waals surface area (Å²) in [6.45, 7) is 5.64. The van der Waals surface area contributed by atoms with Crippen molar-refractivity contribution in [2.24, 2.45) is 0 Å². The lowest BCUT2D eigenvalue weighted by Crippen LogP contribution is -2.40. The number of hydrogen-bond acceptors (Lipinski definition) is 3. The van der Waals surface area contributed by atoms with Gasteiger partial charge >= 0.3 is 6.09 Å². The number of ether oxygens (including phenoxy) is 1. The van der Waals surface area contributed by atoms with E-state index in [1.807, 2.05) is 25.7 Å². The summed E-state index contributed by atoms with van der Waals surface area (Å²) in [5.41, 5.74) is 0.531. The minimum absolute atomic E-state index is 0.150. The topological polar surface area (TPSA) is 42.4 Å². The van der Waals surface area contributed by atoms with Gasteiger partial charge < -0.3 is 9.64 Å². The van der Waals surface area contributed by atoms with Crippen molar-refractivity contribution in [3.63, 3.8) is 0 Å². The highest BCUT2D eigenvalue weighted by atomic mass is 19.1. The summed E-state index contributed by atoms with van der Waals surface area (Å²) < 4.78 is 18.5. The first kappa shape index (κ1) is 14.3. The van der Waals surface area contributed by atoms with E-state index < -0.39 is 11.5 Å². The van der Waals surface area contributed by atoms with Gasteiger partial charge in [-0.3, -0.25) is 0 Å². The first-order chi connectivity index (χ1) is 9.85. The fourth-order valence-electron chi connectivity index (χ4n) is 3.55. The van der Waals surface area contributed by atoms with Crippen molar-refractivity contribution < 1.29 is 13.9 Å². The minimum atomic E-state index is -0.480. The summed E-state index contributed by atoms with van der Waals surface area (Å²) in [4.78, 5) is 18.0. The Hall–Kier alpha value is -1.65. The number of aromatic nitrogens is 1. The molecule has 3 atom stereocenters. The molecule has 2 aliphatic rings. The Bertz CT molecular complexity index is 538. The molecule has 0 N–H and O–H groups in total. The predicted octanol–water partition coefficient (Wildman–Crippen LogP) is 3.48. The van der Waals surface area contributed by atoms with Crippen LogP contribution < -0.4 is 0 Å². The standard InChI is InChI=1S/C16H21FN2O2/c1-16(2,3)21-15(20)19-11-5-6-13(19)12(8-11)10-4-7-14(17)18-9-10/h4,7,9,11-13H,5-6,8H2,1-3H3/t11-,12+,13+/m0/s1. The third-order valence-corrected chi connectivity index (χ3v) is 4.32. The van der Waals surface area contributed by atoms with Crippen LogP contribution >= 0.6 is 0 Å². The van der Waals surface area contributed by atoms with Crippen molar-refractivity contribution in [2.45, 2.75) is 63.6 Å². The first-order valence-electron chi connectivity index (χ1n) is 7.48. The highest BCUT2D eigenvalue weighted by Crippen LogP contribution is 2.47. The van der Waals surface area contributed by atoms with Crippen LogP contribution in [0.2, 0.25) is 0 Å². The average Bonchev–Trinajstić information content (AvgIpc) is 2.95. The summed E-state index contributed by atoms with van der Waals surface area (Å²) in [7, 11) is 0. The van der Waals surface area contributed by atoms with Gasteiger partial charge in [-0.05, 0) is 51.7 Å². The van der Waals surface area contributed by atoms with Gasteiger partial charge in [0.1, 0.15) is 5.60 Å². The van der Waals surface area contributed by atoms with Gasteiger partial charge in [-0.1, -0.05) is 6.07 Å². The molecule has 0 unspecified atom stereocenters. The highest BCUT2D eigenvalue weighted by molar-refractivity contribution is 5.70. The molecule has 0 aliphatic carbocycles. The molecule has 2 aliphatic heterocycles. The van der Waals surface area contributed by atoms with Gasteiger partial charge in [0.25, 0.3) is 0 Å². The number of halogens is 1. The Labute approximate surface area is 124 Å². The van der Waals surface area contributed by atoms with E-state index in [4.69, 9.17) is 4.74 Å². The maximum Gasteiger partial charge on any atom is 0.410 e. The maximum absolute atomic E-state index is 13.0. The molecule has 2 saturated heterocycles. The van der Waals surface area contributed by atoms with Crippen LogP contribution in [-0.2, 0) is 4.74 Å². The van der Waals surface area contributed by atoms with Crippen molar-refractivity contribution in [1.29, 1.82) is 0 Å². The van der Waals surface area contributed by atoms with Crippen molar-refractivity contribution in [3.8, 4) is 0 Å². The number of rotatable bonds is 1. The van der Waals surface area contributed by atoms with E-state index in [0.29, 0.717) is 0 Å². The summed E-state index contributed by atoms with van der Waals surface area (Å²) in [5, 5.41) is 0. The van der Waals surface area contributed by atoms with Gasteiger partial charge in [0.15, 0.2) is 0 Å². The highest BCUT2D eigenvalue weighted by Gasteiger charge is 2.50. The Balaban J connectivity index is 1.78. The summed E-state index contributed by atoms with van der Waals surface area (Å²) in [6.07, 6.45) is 4.28. The molecule has 5 heteroatoms. The zero-order chi connectivity index (χ0) is 15.2. The zero-order valence-electron chi connectivity index (χ0n) is 12.7. The van der Waals surface area contributed by atoms with Crippen LogP contribution in [0.5, 0.6) is 0 Å². The molecule has 4 nitrogen and oxygen atoms in total. The lowest BCUT2D eigenvalue weighted by molar-refractivity contribution is 0.0213. The van der Waals surface area contributed by atoms with Crippen LogP contribution in [-0.4, -0.2) is 33.7 Å². The van der Waals surface area contributed by atoms with Crippen molar-refractivity contribution in [2.75, 3.05) is 0 Å². The Morgan fingerprint density at radius 3 is 2.76 bits per heavy atom. The molecule has 1 amide bonds. The molecular formula is C16H21FN2O2. The molecule has 1 aromatic rings. The van der Waals surface area contributed by atoms with Gasteiger partial charge in [-0.15, -0.1) is 0 Å². The molecule has 114 valence electrons. The van der Waals surface area contributed by atoms with E-state index >= 15 is 0 Å². The number of carbonyl (C=O) groups excluding carboxylic acids is 1. The molecule has 0 radical (unpaired) electrons. The Morgan fingerprint density at radius 2 is 2.14 bits per heavy atom. The lowest BCUT2D eigenvalue weighted by atomic mass is 9.85. The second kappa shape index (κ2) is 4.97. The molecule has 0 spiro atoms. The molecular weight excluding hydrogens is 271 g/mol. The van der Waals surface area contributed by atoms with Crippen molar-refractivity contribution in [1.82, 2.24) is 9.88 Å². The minimum Gasteiger partial charge on any atom is -0.444 e. The zero-order valence-corrected chi connectivity index (χ0v) is 12.7. The van der Waals surface area contributed by atoms with E-state index in [2.05, 4.69) is 4.98 Å². The summed E-state index contributed by atoms with van der Waals surface area (Å²) >= 11 is 0. The van der Waals surface area contributed by atoms with Gasteiger partial charge in [0, 0.05) is 24.2 Å². The number of fused-ring (bicyclic) bond motifs is 2. The molecule has 1 aromatic heterocycles. The second-order valence-electron chi connectivity index (χ2n) is 6.94. The Morgan fingerprint density at radius 1 is 1.38 bits per heavy atom. The number of hydrogen-bond donors (Lipinski definition) is 0. The molecule has 2 fully saturated rings. The van der Waals surface area contributed by atoms with Crippen LogP contribution in [0.3, 0.4) is 0 Å². The predicted molar refractivity (Wildman–Crippen MR) is 76.4 cm³/mol. The van der Waals surface area contributed by atoms with E-state index in [1.54, 1.807) is 12.3 Å². The summed E-state index contributed by atoms with van der Waals surface area (Å²) in [6, 6.07) is 3.55. The van der Waals surface area contributed by atoms with Gasteiger partial charge in [-0.25, -0.2) is 9.78 Å². The van der Waals surface area contributed by atoms with Crippen LogP contribution in [0, 0.1) is 5.95 Å². The quantitative estimate of drug-likeness (QED) is 0.744. The fraction of sp³-hybridized carbons (Fsp3) is 0.625. The Kier molecular flexibility index (Phi) is 3.38. The van der Waals surface area contributed by atoms with Gasteiger partial charge in [0.2, 0.25) is 5.95 Å². The third-order valence-electron chi connectivity index (χ3n) is 4.32. The number of pyridine rings is 1. The van der Waals surface area contributed by atoms with Crippen LogP contribution in [0.25, 0.3) is 0 Å². The normalized spacial score (nSPS) is 28.0. The lowest BCUT2D eigenvalue weighted by Gasteiger charge is -2.28. The average molecular weight is 292 g/mol. The van der Waals surface area contributed by atoms with Gasteiger partial charge in [0.05, 0.1) is 0 Å². The molecule has 0 saturated carbocycles. The number of amides is 1. The van der Waals surface area contributed by atoms with Crippen molar-refractivity contribution in [3.05, 3.63) is 29.8 Å². The smallest absolute Gasteiger partial charge is 0.410 e. The van der Waals surface area contributed by atoms with E-state index in [9.17, 15) is 9.18 Å². The summed E-state index contributed by atoms with van der Waals surface area (Å²) in [5.74, 6) is -0.227. The van der Waals surface area contributed by atoms with E-state index in [-0.39, 0.29) is 24.1 Å². The molecule has 0 aromatic carbocycles. The van der Waals surface area contributed by atoms with Crippen LogP contribution in [0.1, 0.15) is 51.5 Å². The molecule has 3 heterocycles. The largest absolute Gasteiger partial charge is 0.444 e. The third kappa shape index (κ3) is 2.74.